The van der Waals surface area contributed by atoms with Crippen molar-refractivity contribution in [2.45, 2.75) is 19.5 Å². The second-order valence-corrected chi connectivity index (χ2v) is 7.61. The Bertz CT molecular complexity index is 1230. The maximum Gasteiger partial charge on any atom is 0.244 e. The molecule has 1 atom stereocenters. The lowest BCUT2D eigenvalue weighted by molar-refractivity contribution is -0.117. The van der Waals surface area contributed by atoms with Crippen LogP contribution in [0.15, 0.2) is 84.9 Å². The Hall–Kier alpha value is -4.06. The summed E-state index contributed by atoms with van der Waals surface area (Å²) in [5.41, 5.74) is 2.87. The third-order valence-corrected chi connectivity index (χ3v) is 5.30. The highest BCUT2D eigenvalue weighted by Gasteiger charge is 2.17. The molecule has 33 heavy (non-hydrogen) atoms. The molecule has 0 aliphatic carbocycles. The lowest BCUT2D eigenvalue weighted by Crippen LogP contribution is -2.27. The first-order valence-electron chi connectivity index (χ1n) is 10.9. The third-order valence-electron chi connectivity index (χ3n) is 5.30. The van der Waals surface area contributed by atoms with Gasteiger partial charge in [-0.15, -0.1) is 0 Å². The number of ether oxygens (including phenoxy) is 2. The van der Waals surface area contributed by atoms with Crippen molar-refractivity contribution in [3.05, 3.63) is 96.3 Å². The van der Waals surface area contributed by atoms with E-state index < -0.39 is 0 Å². The van der Waals surface area contributed by atoms with Gasteiger partial charge in [0.2, 0.25) is 5.91 Å². The lowest BCUT2D eigenvalue weighted by atomic mass is 10.2. The Morgan fingerprint density at radius 2 is 1.70 bits per heavy atom. The zero-order valence-corrected chi connectivity index (χ0v) is 18.8. The van der Waals surface area contributed by atoms with Crippen molar-refractivity contribution in [3.8, 4) is 11.5 Å². The topological polar surface area (TPSA) is 65.4 Å². The number of amides is 1. The van der Waals surface area contributed by atoms with E-state index in [-0.39, 0.29) is 11.9 Å². The molecule has 0 bridgehead atoms. The molecule has 0 aliphatic heterocycles. The molecule has 4 rings (SSSR count). The quantitative estimate of drug-likeness (QED) is 0.371. The Morgan fingerprint density at radius 3 is 2.45 bits per heavy atom. The molecule has 6 heteroatoms. The Morgan fingerprint density at radius 1 is 1.00 bits per heavy atom. The van der Waals surface area contributed by atoms with Crippen LogP contribution in [0, 0.1) is 0 Å². The summed E-state index contributed by atoms with van der Waals surface area (Å²) in [5.74, 6) is 2.18. The van der Waals surface area contributed by atoms with E-state index in [9.17, 15) is 4.79 Å². The van der Waals surface area contributed by atoms with Gasteiger partial charge in [0.05, 0.1) is 30.7 Å². The first-order valence-corrected chi connectivity index (χ1v) is 10.9. The molecule has 6 nitrogen and oxygen atoms in total. The average Bonchev–Trinajstić information content (AvgIpc) is 3.23. The number of nitrogens with zero attached hydrogens (tertiary/aromatic N) is 2. The van der Waals surface area contributed by atoms with Crippen LogP contribution in [-0.2, 0) is 11.3 Å². The van der Waals surface area contributed by atoms with E-state index in [0.717, 1.165) is 33.9 Å². The van der Waals surface area contributed by atoms with E-state index in [1.54, 1.807) is 19.3 Å². The van der Waals surface area contributed by atoms with E-state index in [1.165, 1.54) is 0 Å². The minimum Gasteiger partial charge on any atom is -0.497 e. The third kappa shape index (κ3) is 5.60. The zero-order valence-electron chi connectivity index (χ0n) is 18.8. The number of nitrogens with one attached hydrogen (secondary N) is 1. The smallest absolute Gasteiger partial charge is 0.244 e. The normalized spacial score (nSPS) is 12.1. The molecule has 1 amide bonds. The summed E-state index contributed by atoms with van der Waals surface area (Å²) in [6.45, 7) is 3.01. The maximum absolute atomic E-state index is 12.5. The van der Waals surface area contributed by atoms with Gasteiger partial charge in [0.1, 0.15) is 23.9 Å². The fourth-order valence-corrected chi connectivity index (χ4v) is 3.65. The van der Waals surface area contributed by atoms with Gasteiger partial charge in [-0.05, 0) is 55.0 Å². The number of carbonyl (C=O) groups excluding carboxylic acids is 1. The summed E-state index contributed by atoms with van der Waals surface area (Å²) >= 11 is 0. The summed E-state index contributed by atoms with van der Waals surface area (Å²) in [7, 11) is 1.64. The Balaban J connectivity index is 1.46. The second kappa shape index (κ2) is 10.5. The van der Waals surface area contributed by atoms with Crippen molar-refractivity contribution in [2.75, 3.05) is 13.7 Å². The number of para-hydroxylation sites is 2. The first kappa shape index (κ1) is 22.1. The molecule has 0 saturated heterocycles. The Labute approximate surface area is 193 Å². The van der Waals surface area contributed by atoms with E-state index in [2.05, 4.69) is 9.88 Å². The van der Waals surface area contributed by atoms with Crippen LogP contribution in [0.5, 0.6) is 11.5 Å². The van der Waals surface area contributed by atoms with Crippen LogP contribution in [0.3, 0.4) is 0 Å². The summed E-state index contributed by atoms with van der Waals surface area (Å²) in [5, 5.41) is 3.02. The van der Waals surface area contributed by atoms with Crippen LogP contribution in [-0.4, -0.2) is 29.2 Å². The molecular formula is C27H27N3O3. The largest absolute Gasteiger partial charge is 0.497 e. The number of rotatable bonds is 9. The zero-order chi connectivity index (χ0) is 23.0. The van der Waals surface area contributed by atoms with Gasteiger partial charge >= 0.3 is 0 Å². The van der Waals surface area contributed by atoms with E-state index in [0.29, 0.717) is 13.2 Å². The standard InChI is InChI=1S/C27H27N3O3/c1-20(28-26(31)17-12-21-8-4-3-5-9-21)27-29-24-10-6-7-11-25(24)30(27)18-19-33-23-15-13-22(32-2)14-16-23/h3-17,20H,18-19H2,1-2H3,(H,28,31)/b17-12-. The van der Waals surface area contributed by atoms with Gasteiger partial charge in [-0.1, -0.05) is 42.5 Å². The van der Waals surface area contributed by atoms with Crippen LogP contribution in [0.2, 0.25) is 0 Å². The highest BCUT2D eigenvalue weighted by atomic mass is 16.5. The predicted octanol–water partition coefficient (Wildman–Crippen LogP) is 5.01. The van der Waals surface area contributed by atoms with Crippen molar-refractivity contribution >= 4 is 23.0 Å². The monoisotopic (exact) mass is 441 g/mol. The molecule has 0 fully saturated rings. The molecular weight excluding hydrogens is 414 g/mol. The van der Waals surface area contributed by atoms with Crippen LogP contribution >= 0.6 is 0 Å². The minimum atomic E-state index is -0.272. The molecule has 168 valence electrons. The molecule has 0 radical (unpaired) electrons. The molecule has 0 spiro atoms. The molecule has 1 aromatic heterocycles. The summed E-state index contributed by atoms with van der Waals surface area (Å²) in [6.07, 6.45) is 3.35. The maximum atomic E-state index is 12.5. The van der Waals surface area contributed by atoms with Crippen LogP contribution in [0.4, 0.5) is 0 Å². The number of carbonyl (C=O) groups is 1. The van der Waals surface area contributed by atoms with Gasteiger partial charge in [-0.3, -0.25) is 4.79 Å². The van der Waals surface area contributed by atoms with Crippen molar-refractivity contribution in [1.29, 1.82) is 0 Å². The summed E-state index contributed by atoms with van der Waals surface area (Å²) in [4.78, 5) is 17.3. The van der Waals surface area contributed by atoms with Gasteiger partial charge < -0.3 is 19.4 Å². The van der Waals surface area contributed by atoms with Crippen LogP contribution in [0.1, 0.15) is 24.4 Å². The number of imidazole rings is 1. The molecule has 1 N–H and O–H groups in total. The summed E-state index contributed by atoms with van der Waals surface area (Å²) < 4.78 is 13.2. The Kier molecular flexibility index (Phi) is 7.05. The molecule has 1 heterocycles. The van der Waals surface area contributed by atoms with E-state index in [1.807, 2.05) is 85.8 Å². The van der Waals surface area contributed by atoms with Crippen LogP contribution < -0.4 is 14.8 Å². The fraction of sp³-hybridized carbons (Fsp3) is 0.185. The van der Waals surface area contributed by atoms with Crippen molar-refractivity contribution < 1.29 is 14.3 Å². The second-order valence-electron chi connectivity index (χ2n) is 7.61. The highest BCUT2D eigenvalue weighted by molar-refractivity contribution is 5.92. The summed E-state index contributed by atoms with van der Waals surface area (Å²) in [6, 6.07) is 24.9. The number of methoxy groups -OCH3 is 1. The average molecular weight is 442 g/mol. The lowest BCUT2D eigenvalue weighted by Gasteiger charge is -2.16. The SMILES string of the molecule is COc1ccc(OCCn2c(C(C)NC(=O)/C=C\c3ccccc3)nc3ccccc32)cc1. The van der Waals surface area contributed by atoms with Crippen LogP contribution in [0.25, 0.3) is 17.1 Å². The first-order chi connectivity index (χ1) is 16.1. The minimum absolute atomic E-state index is 0.167. The fourth-order valence-electron chi connectivity index (χ4n) is 3.65. The van der Waals surface area contributed by atoms with Gasteiger partial charge in [-0.2, -0.15) is 0 Å². The van der Waals surface area contributed by atoms with Gasteiger partial charge in [-0.25, -0.2) is 4.98 Å². The molecule has 3 aromatic carbocycles. The van der Waals surface area contributed by atoms with Crippen molar-refractivity contribution in [1.82, 2.24) is 14.9 Å². The van der Waals surface area contributed by atoms with Crippen molar-refractivity contribution in [3.63, 3.8) is 0 Å². The predicted molar refractivity (Wildman–Crippen MR) is 130 cm³/mol. The molecule has 4 aromatic rings. The van der Waals surface area contributed by atoms with Gasteiger partial charge in [0, 0.05) is 6.08 Å². The number of benzene rings is 3. The highest BCUT2D eigenvalue weighted by Crippen LogP contribution is 2.22. The number of hydrogen-bond acceptors (Lipinski definition) is 4. The van der Waals surface area contributed by atoms with E-state index in [4.69, 9.17) is 14.5 Å². The van der Waals surface area contributed by atoms with E-state index >= 15 is 0 Å². The molecule has 1 unspecified atom stereocenters. The van der Waals surface area contributed by atoms with Crippen molar-refractivity contribution in [2.24, 2.45) is 0 Å². The number of fused-ring (bicyclic) bond motifs is 1. The van der Waals surface area contributed by atoms with Gasteiger partial charge in [0.25, 0.3) is 0 Å². The number of aromatic nitrogens is 2. The van der Waals surface area contributed by atoms with Gasteiger partial charge in [0.15, 0.2) is 0 Å². The number of hydrogen-bond donors (Lipinski definition) is 1. The molecule has 0 saturated carbocycles. The molecule has 0 aliphatic rings.